The van der Waals surface area contributed by atoms with Crippen LogP contribution in [0.5, 0.6) is 0 Å². The van der Waals surface area contributed by atoms with Gasteiger partial charge in [0, 0.05) is 5.54 Å². The molecule has 0 spiro atoms. The molecule has 1 aliphatic rings. The third-order valence-electron chi connectivity index (χ3n) is 4.47. The van der Waals surface area contributed by atoms with Crippen LogP contribution in [0.4, 0.5) is 5.69 Å². The van der Waals surface area contributed by atoms with E-state index in [0.29, 0.717) is 0 Å². The summed E-state index contributed by atoms with van der Waals surface area (Å²) in [5.41, 5.74) is 1.83. The van der Waals surface area contributed by atoms with E-state index in [-0.39, 0.29) is 15.5 Å². The van der Waals surface area contributed by atoms with E-state index in [1.165, 1.54) is 29.8 Å². The Balaban J connectivity index is 1.87. The molecule has 2 aromatic rings. The molecule has 28 heavy (non-hydrogen) atoms. The lowest BCUT2D eigenvalue weighted by atomic mass is 9.92. The molecular weight excluding hydrogens is 396 g/mol. The number of fused-ring (bicyclic) bond motifs is 1. The average Bonchev–Trinajstić information content (AvgIpc) is 2.59. The van der Waals surface area contributed by atoms with Gasteiger partial charge < -0.3 is 0 Å². The topological polar surface area (TPSA) is 92.3 Å². The second-order valence-corrected chi connectivity index (χ2v) is 11.5. The molecule has 0 saturated carbocycles. The highest BCUT2D eigenvalue weighted by Gasteiger charge is 2.23. The van der Waals surface area contributed by atoms with Crippen LogP contribution in [-0.4, -0.2) is 22.4 Å². The zero-order valence-electron chi connectivity index (χ0n) is 16.3. The van der Waals surface area contributed by atoms with E-state index in [4.69, 9.17) is 0 Å². The van der Waals surface area contributed by atoms with Gasteiger partial charge in [0.1, 0.15) is 0 Å². The Kier molecular flexibility index (Phi) is 5.58. The van der Waals surface area contributed by atoms with Crippen molar-refractivity contribution in [2.45, 2.75) is 61.8 Å². The molecule has 0 heterocycles. The molecule has 0 radical (unpaired) electrons. The first-order chi connectivity index (χ1) is 13.0. The summed E-state index contributed by atoms with van der Waals surface area (Å²) in [5.74, 6) is 0. The smallest absolute Gasteiger partial charge is 0.261 e. The van der Waals surface area contributed by atoms with Gasteiger partial charge in [-0.1, -0.05) is 12.1 Å². The number of hydrogen-bond acceptors (Lipinski definition) is 4. The number of benzene rings is 2. The minimum Gasteiger partial charge on any atom is -0.280 e. The summed E-state index contributed by atoms with van der Waals surface area (Å²) in [5, 5.41) is 0. The van der Waals surface area contributed by atoms with Crippen LogP contribution in [0.15, 0.2) is 52.3 Å². The van der Waals surface area contributed by atoms with Crippen LogP contribution < -0.4 is 9.44 Å². The summed E-state index contributed by atoms with van der Waals surface area (Å²) in [6.45, 7) is 5.23. The molecule has 0 atom stereocenters. The molecule has 3 rings (SSSR count). The van der Waals surface area contributed by atoms with Crippen LogP contribution in [-0.2, 0) is 32.9 Å². The van der Waals surface area contributed by atoms with E-state index in [1.807, 2.05) is 6.07 Å². The maximum Gasteiger partial charge on any atom is 0.261 e. The standard InChI is InChI=1S/C20H26N2O4S2/c1-20(2,3)22-28(25,26)18-10-6-9-17(14-18)21-27(23,24)19-12-11-15-7-4-5-8-16(15)13-19/h6,9-14,21-22H,4-5,7-8H2,1-3H3. The highest BCUT2D eigenvalue weighted by atomic mass is 32.2. The number of anilines is 1. The molecule has 2 aromatic carbocycles. The monoisotopic (exact) mass is 422 g/mol. The van der Waals surface area contributed by atoms with Crippen LogP contribution in [0.25, 0.3) is 0 Å². The van der Waals surface area contributed by atoms with Crippen LogP contribution >= 0.6 is 0 Å². The van der Waals surface area contributed by atoms with Crippen molar-refractivity contribution >= 4 is 25.7 Å². The first-order valence-electron chi connectivity index (χ1n) is 9.25. The maximum absolute atomic E-state index is 12.8. The minimum atomic E-state index is -3.81. The Bertz CT molecular complexity index is 1090. The lowest BCUT2D eigenvalue weighted by molar-refractivity contribution is 0.491. The Labute approximate surface area is 167 Å². The van der Waals surface area contributed by atoms with E-state index in [1.54, 1.807) is 32.9 Å². The third kappa shape index (κ3) is 4.92. The third-order valence-corrected chi connectivity index (χ3v) is 7.60. The lowest BCUT2D eigenvalue weighted by Gasteiger charge is -2.20. The molecule has 6 nitrogen and oxygen atoms in total. The summed E-state index contributed by atoms with van der Waals surface area (Å²) in [6, 6.07) is 11.0. The van der Waals surface area contributed by atoms with E-state index in [2.05, 4.69) is 9.44 Å². The van der Waals surface area contributed by atoms with Crippen LogP contribution in [0.1, 0.15) is 44.7 Å². The fourth-order valence-electron chi connectivity index (χ4n) is 3.28. The van der Waals surface area contributed by atoms with Crippen molar-refractivity contribution in [3.63, 3.8) is 0 Å². The van der Waals surface area contributed by atoms with Crippen molar-refractivity contribution in [1.82, 2.24) is 4.72 Å². The molecule has 0 saturated heterocycles. The summed E-state index contributed by atoms with van der Waals surface area (Å²) in [4.78, 5) is 0.197. The van der Waals surface area contributed by atoms with Gasteiger partial charge in [0.25, 0.3) is 10.0 Å². The molecular formula is C20H26N2O4S2. The van der Waals surface area contributed by atoms with Crippen molar-refractivity contribution in [2.75, 3.05) is 4.72 Å². The Hall–Kier alpha value is -1.90. The van der Waals surface area contributed by atoms with Crippen LogP contribution in [0.3, 0.4) is 0 Å². The van der Waals surface area contributed by atoms with E-state index in [0.717, 1.165) is 31.2 Å². The first-order valence-corrected chi connectivity index (χ1v) is 12.2. The molecule has 8 heteroatoms. The minimum absolute atomic E-state index is 0.00747. The van der Waals surface area contributed by atoms with Gasteiger partial charge in [-0.3, -0.25) is 4.72 Å². The van der Waals surface area contributed by atoms with Gasteiger partial charge in [-0.15, -0.1) is 0 Å². The van der Waals surface area contributed by atoms with Gasteiger partial charge in [-0.05, 0) is 87.9 Å². The summed E-state index contributed by atoms with van der Waals surface area (Å²) >= 11 is 0. The number of aryl methyl sites for hydroxylation is 2. The predicted octanol–water partition coefficient (Wildman–Crippen LogP) is 3.44. The lowest BCUT2D eigenvalue weighted by Crippen LogP contribution is -2.40. The summed E-state index contributed by atoms with van der Waals surface area (Å²) in [6.07, 6.45) is 4.04. The highest BCUT2D eigenvalue weighted by molar-refractivity contribution is 7.92. The summed E-state index contributed by atoms with van der Waals surface area (Å²) < 4.78 is 55.7. The van der Waals surface area contributed by atoms with Crippen LogP contribution in [0.2, 0.25) is 0 Å². The largest absolute Gasteiger partial charge is 0.280 e. The Morgan fingerprint density at radius 3 is 2.11 bits per heavy atom. The Morgan fingerprint density at radius 2 is 1.43 bits per heavy atom. The van der Waals surface area contributed by atoms with Crippen molar-refractivity contribution < 1.29 is 16.8 Å². The molecule has 0 fully saturated rings. The van der Waals surface area contributed by atoms with Crippen molar-refractivity contribution in [1.29, 1.82) is 0 Å². The molecule has 0 amide bonds. The fourth-order valence-corrected chi connectivity index (χ4v) is 5.84. The Morgan fingerprint density at radius 1 is 0.786 bits per heavy atom. The normalized spacial score (nSPS) is 15.1. The molecule has 0 bridgehead atoms. The summed E-state index contributed by atoms with van der Waals surface area (Å²) in [7, 11) is -7.57. The molecule has 1 aliphatic carbocycles. The molecule has 0 aliphatic heterocycles. The SMILES string of the molecule is CC(C)(C)NS(=O)(=O)c1cccc(NS(=O)(=O)c2ccc3c(c2)CCCC3)c1. The molecule has 152 valence electrons. The zero-order chi connectivity index (χ0) is 20.6. The maximum atomic E-state index is 12.8. The van der Waals surface area contributed by atoms with Gasteiger partial charge in [0.05, 0.1) is 15.5 Å². The van der Waals surface area contributed by atoms with Gasteiger partial charge >= 0.3 is 0 Å². The number of hydrogen-bond donors (Lipinski definition) is 2. The van der Waals surface area contributed by atoms with Crippen LogP contribution in [0, 0.1) is 0 Å². The van der Waals surface area contributed by atoms with Gasteiger partial charge in [-0.25, -0.2) is 21.6 Å². The van der Waals surface area contributed by atoms with E-state index in [9.17, 15) is 16.8 Å². The molecule has 2 N–H and O–H groups in total. The fraction of sp³-hybridized carbons (Fsp3) is 0.400. The van der Waals surface area contributed by atoms with Crippen molar-refractivity contribution in [3.8, 4) is 0 Å². The molecule has 0 aromatic heterocycles. The van der Waals surface area contributed by atoms with Gasteiger partial charge in [0.2, 0.25) is 10.0 Å². The molecule has 0 unspecified atom stereocenters. The predicted molar refractivity (Wildman–Crippen MR) is 110 cm³/mol. The van der Waals surface area contributed by atoms with Crippen molar-refractivity contribution in [3.05, 3.63) is 53.6 Å². The average molecular weight is 423 g/mol. The zero-order valence-corrected chi connectivity index (χ0v) is 18.0. The number of rotatable bonds is 5. The number of nitrogens with one attached hydrogen (secondary N) is 2. The first kappa shape index (κ1) is 20.8. The van der Waals surface area contributed by atoms with Crippen molar-refractivity contribution in [2.24, 2.45) is 0 Å². The van der Waals surface area contributed by atoms with Gasteiger partial charge in [0.15, 0.2) is 0 Å². The second kappa shape index (κ2) is 7.50. The quantitative estimate of drug-likeness (QED) is 0.772. The number of sulfonamides is 2. The second-order valence-electron chi connectivity index (χ2n) is 8.13. The van der Waals surface area contributed by atoms with E-state index < -0.39 is 25.6 Å². The van der Waals surface area contributed by atoms with Gasteiger partial charge in [-0.2, -0.15) is 0 Å². The van der Waals surface area contributed by atoms with E-state index >= 15 is 0 Å². The highest BCUT2D eigenvalue weighted by Crippen LogP contribution is 2.26.